The number of rotatable bonds is 0. The van der Waals surface area contributed by atoms with Crippen molar-refractivity contribution in [2.75, 3.05) is 26.2 Å². The molecule has 10 heavy (non-hydrogen) atoms. The summed E-state index contributed by atoms with van der Waals surface area (Å²) >= 11 is 0. The predicted octanol–water partition coefficient (Wildman–Crippen LogP) is -1.03. The number of hydrogen-bond donors (Lipinski definition) is 2. The maximum Gasteiger partial charge on any atom is 0.195 e. The molecule has 0 bridgehead atoms. The van der Waals surface area contributed by atoms with Crippen LogP contribution in [0.1, 0.15) is 0 Å². The first kappa shape index (κ1) is 5.97. The minimum absolute atomic E-state index is 0.916. The lowest BCUT2D eigenvalue weighted by molar-refractivity contribution is 0.567. The van der Waals surface area contributed by atoms with Gasteiger partial charge in [0.2, 0.25) is 0 Å². The molecule has 0 saturated carbocycles. The molecule has 4 heteroatoms. The summed E-state index contributed by atoms with van der Waals surface area (Å²) in [6.07, 6.45) is 0. The van der Waals surface area contributed by atoms with Gasteiger partial charge in [-0.25, -0.2) is 0 Å². The van der Waals surface area contributed by atoms with Gasteiger partial charge in [-0.3, -0.25) is 10.3 Å². The highest BCUT2D eigenvalue weighted by atomic mass is 15.4. The molecule has 0 aromatic heterocycles. The summed E-state index contributed by atoms with van der Waals surface area (Å²) < 4.78 is 0. The molecule has 0 atom stereocenters. The Morgan fingerprint density at radius 1 is 1.50 bits per heavy atom. The van der Waals surface area contributed by atoms with Gasteiger partial charge >= 0.3 is 0 Å². The van der Waals surface area contributed by atoms with Crippen LogP contribution in [0.15, 0.2) is 4.99 Å². The first-order chi connectivity index (χ1) is 4.97. The second-order valence-corrected chi connectivity index (χ2v) is 2.41. The summed E-state index contributed by atoms with van der Waals surface area (Å²) in [5, 5.41) is 6.33. The van der Waals surface area contributed by atoms with E-state index in [-0.39, 0.29) is 0 Å². The molecule has 0 unspecified atom stereocenters. The van der Waals surface area contributed by atoms with Crippen molar-refractivity contribution in [2.24, 2.45) is 4.99 Å². The van der Waals surface area contributed by atoms with Crippen molar-refractivity contribution in [3.63, 3.8) is 0 Å². The Bertz CT molecular complexity index is 148. The largest absolute Gasteiger partial charge is 0.354 e. The SMILES string of the molecule is [CH]1NCCN1C1=NCCN1. The van der Waals surface area contributed by atoms with E-state index in [1.54, 1.807) is 0 Å². The fourth-order valence-corrected chi connectivity index (χ4v) is 1.17. The first-order valence-corrected chi connectivity index (χ1v) is 3.58. The van der Waals surface area contributed by atoms with Crippen LogP contribution in [0.25, 0.3) is 0 Å². The Balaban J connectivity index is 1.97. The van der Waals surface area contributed by atoms with Crippen molar-refractivity contribution in [3.05, 3.63) is 6.67 Å². The lowest BCUT2D eigenvalue weighted by Gasteiger charge is -2.14. The van der Waals surface area contributed by atoms with Gasteiger partial charge in [0.1, 0.15) is 6.67 Å². The van der Waals surface area contributed by atoms with Crippen LogP contribution in [0.3, 0.4) is 0 Å². The quantitative estimate of drug-likeness (QED) is 0.451. The van der Waals surface area contributed by atoms with Gasteiger partial charge in [-0.1, -0.05) is 0 Å². The predicted molar refractivity (Wildman–Crippen MR) is 39.3 cm³/mol. The lowest BCUT2D eigenvalue weighted by atomic mass is 10.6. The molecule has 2 rings (SSSR count). The summed E-state index contributed by atoms with van der Waals surface area (Å²) in [6, 6.07) is 0. The second kappa shape index (κ2) is 2.46. The molecular formula is C6H11N4. The van der Waals surface area contributed by atoms with Gasteiger partial charge in [0.15, 0.2) is 5.96 Å². The summed E-state index contributed by atoms with van der Waals surface area (Å²) in [5.74, 6) is 1.02. The molecule has 0 spiro atoms. The molecule has 2 aliphatic rings. The van der Waals surface area contributed by atoms with E-state index in [1.807, 2.05) is 6.67 Å². The van der Waals surface area contributed by atoms with Gasteiger partial charge in [-0.05, 0) is 0 Å². The van der Waals surface area contributed by atoms with E-state index in [9.17, 15) is 0 Å². The number of hydrogen-bond acceptors (Lipinski definition) is 4. The average molecular weight is 139 g/mol. The van der Waals surface area contributed by atoms with Gasteiger partial charge in [-0.15, -0.1) is 0 Å². The second-order valence-electron chi connectivity index (χ2n) is 2.41. The maximum absolute atomic E-state index is 4.28. The summed E-state index contributed by atoms with van der Waals surface area (Å²) in [4.78, 5) is 6.38. The number of nitrogens with one attached hydrogen (secondary N) is 2. The van der Waals surface area contributed by atoms with Gasteiger partial charge in [0, 0.05) is 19.6 Å². The van der Waals surface area contributed by atoms with E-state index in [0.717, 1.165) is 32.1 Å². The molecule has 1 radical (unpaired) electrons. The van der Waals surface area contributed by atoms with Crippen molar-refractivity contribution in [1.29, 1.82) is 0 Å². The maximum atomic E-state index is 4.28. The molecule has 4 nitrogen and oxygen atoms in total. The zero-order valence-corrected chi connectivity index (χ0v) is 5.80. The van der Waals surface area contributed by atoms with E-state index < -0.39 is 0 Å². The van der Waals surface area contributed by atoms with Gasteiger partial charge in [0.05, 0.1) is 6.54 Å². The molecule has 2 N–H and O–H groups in total. The normalized spacial score (nSPS) is 24.8. The van der Waals surface area contributed by atoms with E-state index in [1.165, 1.54) is 0 Å². The monoisotopic (exact) mass is 139 g/mol. The minimum Gasteiger partial charge on any atom is -0.354 e. The van der Waals surface area contributed by atoms with E-state index >= 15 is 0 Å². The van der Waals surface area contributed by atoms with Crippen molar-refractivity contribution in [2.45, 2.75) is 0 Å². The van der Waals surface area contributed by atoms with Crippen molar-refractivity contribution >= 4 is 5.96 Å². The molecule has 1 fully saturated rings. The van der Waals surface area contributed by atoms with Crippen LogP contribution < -0.4 is 10.6 Å². The lowest BCUT2D eigenvalue weighted by Crippen LogP contribution is -2.35. The third kappa shape index (κ3) is 0.945. The summed E-state index contributed by atoms with van der Waals surface area (Å²) in [5.41, 5.74) is 0. The minimum atomic E-state index is 0.916. The molecule has 0 aliphatic carbocycles. The topological polar surface area (TPSA) is 39.7 Å². The Kier molecular flexibility index (Phi) is 1.47. The van der Waals surface area contributed by atoms with Gasteiger partial charge in [0.25, 0.3) is 0 Å². The standard InChI is InChI=1S/C6H11N4/c1-2-9-6(8-1)10-4-3-7-5-10/h5,7H,1-4H2,(H,8,9). The van der Waals surface area contributed by atoms with Crippen LogP contribution in [-0.4, -0.2) is 37.0 Å². The van der Waals surface area contributed by atoms with Crippen LogP contribution in [0.4, 0.5) is 0 Å². The Hall–Kier alpha value is -0.770. The highest BCUT2D eigenvalue weighted by Crippen LogP contribution is 1.99. The van der Waals surface area contributed by atoms with Crippen LogP contribution in [0.5, 0.6) is 0 Å². The van der Waals surface area contributed by atoms with Crippen LogP contribution in [0, 0.1) is 6.67 Å². The average Bonchev–Trinajstić information content (AvgIpc) is 2.59. The summed E-state index contributed by atoms with van der Waals surface area (Å²) in [6.45, 7) is 5.93. The molecule has 0 amide bonds. The number of guanidine groups is 1. The molecule has 55 valence electrons. The zero-order chi connectivity index (χ0) is 6.81. The highest BCUT2D eigenvalue weighted by Gasteiger charge is 2.17. The molecule has 2 heterocycles. The van der Waals surface area contributed by atoms with Crippen LogP contribution in [-0.2, 0) is 0 Å². The highest BCUT2D eigenvalue weighted by molar-refractivity contribution is 5.82. The summed E-state index contributed by atoms with van der Waals surface area (Å²) in [7, 11) is 0. The fourth-order valence-electron chi connectivity index (χ4n) is 1.17. The molecule has 0 aromatic rings. The van der Waals surface area contributed by atoms with Crippen LogP contribution >= 0.6 is 0 Å². The Morgan fingerprint density at radius 2 is 2.50 bits per heavy atom. The van der Waals surface area contributed by atoms with E-state index in [0.29, 0.717) is 0 Å². The third-order valence-electron chi connectivity index (χ3n) is 1.67. The Labute approximate surface area is 60.3 Å². The molecule has 0 aromatic carbocycles. The first-order valence-electron chi connectivity index (χ1n) is 3.58. The number of nitrogens with zero attached hydrogens (tertiary/aromatic N) is 2. The smallest absolute Gasteiger partial charge is 0.195 e. The van der Waals surface area contributed by atoms with Gasteiger partial charge in [-0.2, -0.15) is 0 Å². The van der Waals surface area contributed by atoms with Crippen molar-refractivity contribution in [1.82, 2.24) is 15.5 Å². The van der Waals surface area contributed by atoms with Crippen LogP contribution in [0.2, 0.25) is 0 Å². The van der Waals surface area contributed by atoms with Crippen molar-refractivity contribution in [3.8, 4) is 0 Å². The van der Waals surface area contributed by atoms with Crippen molar-refractivity contribution < 1.29 is 0 Å². The zero-order valence-electron chi connectivity index (χ0n) is 5.80. The van der Waals surface area contributed by atoms with E-state index in [4.69, 9.17) is 0 Å². The number of aliphatic imine (C=N–C) groups is 1. The van der Waals surface area contributed by atoms with E-state index in [2.05, 4.69) is 20.5 Å². The molecular weight excluding hydrogens is 128 g/mol. The Morgan fingerprint density at radius 3 is 3.10 bits per heavy atom. The fraction of sp³-hybridized carbons (Fsp3) is 0.667. The molecule has 2 aliphatic heterocycles. The molecule has 1 saturated heterocycles. The van der Waals surface area contributed by atoms with Gasteiger partial charge < -0.3 is 10.2 Å². The third-order valence-corrected chi connectivity index (χ3v) is 1.67.